The first-order valence-electron chi connectivity index (χ1n) is 5.97. The second-order valence-corrected chi connectivity index (χ2v) is 4.36. The van der Waals surface area contributed by atoms with Crippen molar-refractivity contribution in [2.75, 3.05) is 5.73 Å². The SMILES string of the molecule is Cn1cc(COc2ccc(N)c3ncccc23)cn1. The summed E-state index contributed by atoms with van der Waals surface area (Å²) in [5.41, 5.74) is 8.36. The van der Waals surface area contributed by atoms with E-state index in [0.29, 0.717) is 12.3 Å². The lowest BCUT2D eigenvalue weighted by molar-refractivity contribution is 0.310. The van der Waals surface area contributed by atoms with Crippen LogP contribution in [0.4, 0.5) is 5.69 Å². The van der Waals surface area contributed by atoms with Gasteiger partial charge in [0.15, 0.2) is 0 Å². The first-order valence-corrected chi connectivity index (χ1v) is 5.97. The highest BCUT2D eigenvalue weighted by Crippen LogP contribution is 2.28. The average Bonchev–Trinajstić information content (AvgIpc) is 2.84. The lowest BCUT2D eigenvalue weighted by Gasteiger charge is -2.09. The predicted molar refractivity (Wildman–Crippen MR) is 73.7 cm³/mol. The Labute approximate surface area is 110 Å². The van der Waals surface area contributed by atoms with Crippen LogP contribution in [0.25, 0.3) is 10.9 Å². The van der Waals surface area contributed by atoms with Gasteiger partial charge in [-0.05, 0) is 24.3 Å². The summed E-state index contributed by atoms with van der Waals surface area (Å²) in [6.07, 6.45) is 5.44. The number of benzene rings is 1. The molecule has 1 aromatic carbocycles. The zero-order valence-corrected chi connectivity index (χ0v) is 10.6. The first-order chi connectivity index (χ1) is 9.24. The summed E-state index contributed by atoms with van der Waals surface area (Å²) in [4.78, 5) is 4.28. The molecular formula is C14H14N4O. The molecule has 0 amide bonds. The van der Waals surface area contributed by atoms with Gasteiger partial charge in [0.1, 0.15) is 12.4 Å². The number of nitrogen functional groups attached to an aromatic ring is 1. The molecule has 0 aliphatic heterocycles. The Morgan fingerprint density at radius 2 is 2.21 bits per heavy atom. The van der Waals surface area contributed by atoms with E-state index in [2.05, 4.69) is 10.1 Å². The van der Waals surface area contributed by atoms with Crippen molar-refractivity contribution >= 4 is 16.6 Å². The van der Waals surface area contributed by atoms with Gasteiger partial charge in [0, 0.05) is 30.4 Å². The van der Waals surface area contributed by atoms with Crippen LogP contribution >= 0.6 is 0 Å². The van der Waals surface area contributed by atoms with Crippen molar-refractivity contribution in [2.24, 2.45) is 7.05 Å². The fourth-order valence-electron chi connectivity index (χ4n) is 2.00. The van der Waals surface area contributed by atoms with Gasteiger partial charge < -0.3 is 10.5 Å². The minimum absolute atomic E-state index is 0.474. The third kappa shape index (κ3) is 2.22. The smallest absolute Gasteiger partial charge is 0.129 e. The number of fused-ring (bicyclic) bond motifs is 1. The number of aryl methyl sites for hydroxylation is 1. The number of hydrogen-bond acceptors (Lipinski definition) is 4. The molecule has 0 saturated carbocycles. The number of hydrogen-bond donors (Lipinski definition) is 1. The van der Waals surface area contributed by atoms with Gasteiger partial charge in [0.25, 0.3) is 0 Å². The van der Waals surface area contributed by atoms with Gasteiger partial charge in [-0.3, -0.25) is 9.67 Å². The summed E-state index contributed by atoms with van der Waals surface area (Å²) < 4.78 is 7.58. The molecule has 2 aromatic heterocycles. The highest BCUT2D eigenvalue weighted by Gasteiger charge is 2.06. The molecule has 5 nitrogen and oxygen atoms in total. The number of nitrogens with two attached hydrogens (primary N) is 1. The molecule has 0 aliphatic carbocycles. The number of rotatable bonds is 3. The van der Waals surface area contributed by atoms with Gasteiger partial charge in [-0.15, -0.1) is 0 Å². The minimum atomic E-state index is 0.474. The van der Waals surface area contributed by atoms with Crippen LogP contribution in [0.5, 0.6) is 5.75 Å². The van der Waals surface area contributed by atoms with E-state index < -0.39 is 0 Å². The summed E-state index contributed by atoms with van der Waals surface area (Å²) in [5.74, 6) is 0.779. The van der Waals surface area contributed by atoms with Gasteiger partial charge in [0.05, 0.1) is 17.4 Å². The van der Waals surface area contributed by atoms with Crippen LogP contribution in [0.15, 0.2) is 42.9 Å². The van der Waals surface area contributed by atoms with E-state index >= 15 is 0 Å². The van der Waals surface area contributed by atoms with Crippen molar-refractivity contribution in [1.29, 1.82) is 0 Å². The molecule has 3 aromatic rings. The highest BCUT2D eigenvalue weighted by atomic mass is 16.5. The largest absolute Gasteiger partial charge is 0.488 e. The van der Waals surface area contributed by atoms with Crippen molar-refractivity contribution in [3.8, 4) is 5.75 Å². The summed E-state index contributed by atoms with van der Waals surface area (Å²) in [5, 5.41) is 5.03. The molecule has 0 unspecified atom stereocenters. The highest BCUT2D eigenvalue weighted by molar-refractivity contribution is 5.93. The molecule has 0 bridgehead atoms. The predicted octanol–water partition coefficient (Wildman–Crippen LogP) is 2.13. The molecule has 96 valence electrons. The van der Waals surface area contributed by atoms with Gasteiger partial charge in [0.2, 0.25) is 0 Å². The number of pyridine rings is 1. The minimum Gasteiger partial charge on any atom is -0.488 e. The topological polar surface area (TPSA) is 66.0 Å². The maximum atomic E-state index is 5.90. The standard InChI is InChI=1S/C14H14N4O/c1-18-8-10(7-17-18)9-19-13-5-4-12(15)14-11(13)3-2-6-16-14/h2-8H,9,15H2,1H3. The van der Waals surface area contributed by atoms with Gasteiger partial charge in [-0.2, -0.15) is 5.10 Å². The lowest BCUT2D eigenvalue weighted by Crippen LogP contribution is -1.97. The van der Waals surface area contributed by atoms with Crippen molar-refractivity contribution in [2.45, 2.75) is 6.61 Å². The van der Waals surface area contributed by atoms with E-state index in [1.165, 1.54) is 0 Å². The lowest BCUT2D eigenvalue weighted by atomic mass is 10.2. The Morgan fingerprint density at radius 3 is 3.00 bits per heavy atom. The molecule has 0 fully saturated rings. The van der Waals surface area contributed by atoms with Gasteiger partial charge >= 0.3 is 0 Å². The molecule has 0 spiro atoms. The molecule has 3 rings (SSSR count). The van der Waals surface area contributed by atoms with Crippen LogP contribution < -0.4 is 10.5 Å². The molecule has 0 aliphatic rings. The number of nitrogens with zero attached hydrogens (tertiary/aromatic N) is 3. The van der Waals surface area contributed by atoms with Crippen molar-refractivity contribution in [1.82, 2.24) is 14.8 Å². The molecule has 2 heterocycles. The Morgan fingerprint density at radius 1 is 1.32 bits per heavy atom. The number of anilines is 1. The van der Waals surface area contributed by atoms with Crippen LogP contribution in [-0.2, 0) is 13.7 Å². The number of ether oxygens (including phenoxy) is 1. The molecule has 5 heteroatoms. The third-order valence-corrected chi connectivity index (χ3v) is 2.91. The van der Waals surface area contributed by atoms with E-state index in [1.807, 2.05) is 37.5 Å². The molecule has 0 atom stereocenters. The second kappa shape index (κ2) is 4.61. The fourth-order valence-corrected chi connectivity index (χ4v) is 2.00. The molecule has 0 saturated heterocycles. The van der Waals surface area contributed by atoms with Crippen LogP contribution in [0, 0.1) is 0 Å². The third-order valence-electron chi connectivity index (χ3n) is 2.91. The van der Waals surface area contributed by atoms with Gasteiger partial charge in [-0.25, -0.2) is 0 Å². The van der Waals surface area contributed by atoms with Crippen LogP contribution in [0.3, 0.4) is 0 Å². The second-order valence-electron chi connectivity index (χ2n) is 4.36. The average molecular weight is 254 g/mol. The van der Waals surface area contributed by atoms with Crippen molar-refractivity contribution < 1.29 is 4.74 Å². The molecular weight excluding hydrogens is 240 g/mol. The summed E-state index contributed by atoms with van der Waals surface area (Å²) in [6, 6.07) is 7.51. The van der Waals surface area contributed by atoms with E-state index in [1.54, 1.807) is 17.1 Å². The zero-order chi connectivity index (χ0) is 13.2. The van der Waals surface area contributed by atoms with Crippen LogP contribution in [0.2, 0.25) is 0 Å². The maximum Gasteiger partial charge on any atom is 0.129 e. The van der Waals surface area contributed by atoms with Gasteiger partial charge in [-0.1, -0.05) is 0 Å². The Balaban J connectivity index is 1.91. The Hall–Kier alpha value is -2.56. The monoisotopic (exact) mass is 254 g/mol. The maximum absolute atomic E-state index is 5.90. The fraction of sp³-hybridized carbons (Fsp3) is 0.143. The van der Waals surface area contributed by atoms with E-state index in [4.69, 9.17) is 10.5 Å². The summed E-state index contributed by atoms with van der Waals surface area (Å²) >= 11 is 0. The zero-order valence-electron chi connectivity index (χ0n) is 10.6. The van der Waals surface area contributed by atoms with Crippen LogP contribution in [-0.4, -0.2) is 14.8 Å². The van der Waals surface area contributed by atoms with Crippen molar-refractivity contribution in [3.05, 3.63) is 48.4 Å². The molecule has 0 radical (unpaired) electrons. The van der Waals surface area contributed by atoms with E-state index in [9.17, 15) is 0 Å². The Kier molecular flexibility index (Phi) is 2.79. The first kappa shape index (κ1) is 11.5. The van der Waals surface area contributed by atoms with Crippen LogP contribution in [0.1, 0.15) is 5.56 Å². The normalized spacial score (nSPS) is 10.8. The molecule has 19 heavy (non-hydrogen) atoms. The Bertz CT molecular complexity index is 720. The molecule has 2 N–H and O–H groups in total. The number of aromatic nitrogens is 3. The van der Waals surface area contributed by atoms with E-state index in [-0.39, 0.29) is 0 Å². The van der Waals surface area contributed by atoms with E-state index in [0.717, 1.165) is 22.2 Å². The quantitative estimate of drug-likeness (QED) is 0.727. The van der Waals surface area contributed by atoms with Crippen molar-refractivity contribution in [3.63, 3.8) is 0 Å². The summed E-state index contributed by atoms with van der Waals surface area (Å²) in [6.45, 7) is 0.474. The summed E-state index contributed by atoms with van der Waals surface area (Å²) in [7, 11) is 1.88.